The number of anilines is 1. The molecule has 0 aromatic carbocycles. The Morgan fingerprint density at radius 3 is 2.63 bits per heavy atom. The summed E-state index contributed by atoms with van der Waals surface area (Å²) in [4.78, 5) is 13.8. The summed E-state index contributed by atoms with van der Waals surface area (Å²) in [6, 6.07) is 2.17. The van der Waals surface area contributed by atoms with Crippen LogP contribution in [0.15, 0.2) is 12.4 Å². The first-order valence-corrected chi connectivity index (χ1v) is 7.33. The Balaban J connectivity index is 1.76. The van der Waals surface area contributed by atoms with E-state index >= 15 is 0 Å². The van der Waals surface area contributed by atoms with Crippen LogP contribution in [-0.4, -0.2) is 48.1 Å². The van der Waals surface area contributed by atoms with Gasteiger partial charge < -0.3 is 9.80 Å². The molecule has 0 amide bonds. The van der Waals surface area contributed by atoms with Crippen molar-refractivity contribution in [2.24, 2.45) is 5.41 Å². The minimum absolute atomic E-state index is 0.468. The molecule has 2 aliphatic heterocycles. The number of likely N-dealkylation sites (tertiary alicyclic amines) is 1. The first kappa shape index (κ1) is 12.9. The van der Waals surface area contributed by atoms with Crippen molar-refractivity contribution in [3.8, 4) is 0 Å². The van der Waals surface area contributed by atoms with Crippen molar-refractivity contribution in [3.63, 3.8) is 0 Å². The molecule has 2 saturated heterocycles. The van der Waals surface area contributed by atoms with Crippen LogP contribution < -0.4 is 4.90 Å². The molecule has 0 saturated carbocycles. The summed E-state index contributed by atoms with van der Waals surface area (Å²) in [5.74, 6) is 1.58. The molecule has 1 aromatic heterocycles. The lowest BCUT2D eigenvalue weighted by atomic mass is 9.86. The number of hydrogen-bond acceptors (Lipinski definition) is 4. The SMILES string of the molecule is CC(C)c1cc(N2CC[C@@]3(CCN(C)C3)C2)ncn1. The van der Waals surface area contributed by atoms with E-state index in [1.54, 1.807) is 6.33 Å². The van der Waals surface area contributed by atoms with Crippen molar-refractivity contribution in [1.29, 1.82) is 0 Å². The Morgan fingerprint density at radius 2 is 1.95 bits per heavy atom. The molecule has 2 fully saturated rings. The molecule has 104 valence electrons. The van der Waals surface area contributed by atoms with Crippen LogP contribution in [0.2, 0.25) is 0 Å². The van der Waals surface area contributed by atoms with Crippen molar-refractivity contribution < 1.29 is 0 Å². The predicted octanol–water partition coefficient (Wildman–Crippen LogP) is 2.13. The third-order valence-electron chi connectivity index (χ3n) is 4.66. The van der Waals surface area contributed by atoms with Crippen LogP contribution >= 0.6 is 0 Å². The van der Waals surface area contributed by atoms with E-state index in [0.717, 1.165) is 24.6 Å². The van der Waals surface area contributed by atoms with E-state index in [2.05, 4.69) is 46.7 Å². The van der Waals surface area contributed by atoms with Gasteiger partial charge in [0.25, 0.3) is 0 Å². The first-order valence-electron chi connectivity index (χ1n) is 7.33. The maximum Gasteiger partial charge on any atom is 0.132 e. The molecule has 1 aromatic rings. The van der Waals surface area contributed by atoms with Gasteiger partial charge in [-0.05, 0) is 32.4 Å². The normalized spacial score (nSPS) is 27.9. The number of nitrogens with zero attached hydrogens (tertiary/aromatic N) is 4. The number of rotatable bonds is 2. The number of hydrogen-bond donors (Lipinski definition) is 0. The molecule has 4 nitrogen and oxygen atoms in total. The Hall–Kier alpha value is -1.16. The summed E-state index contributed by atoms with van der Waals surface area (Å²) in [5, 5.41) is 0. The van der Waals surface area contributed by atoms with Gasteiger partial charge in [-0.25, -0.2) is 9.97 Å². The minimum Gasteiger partial charge on any atom is -0.356 e. The summed E-state index contributed by atoms with van der Waals surface area (Å²) >= 11 is 0. The largest absolute Gasteiger partial charge is 0.356 e. The molecule has 3 heterocycles. The van der Waals surface area contributed by atoms with Crippen LogP contribution in [0, 0.1) is 5.41 Å². The zero-order chi connectivity index (χ0) is 13.5. The number of aromatic nitrogens is 2. The minimum atomic E-state index is 0.468. The average molecular weight is 260 g/mol. The molecule has 0 unspecified atom stereocenters. The summed E-state index contributed by atoms with van der Waals surface area (Å²) in [6.07, 6.45) is 4.36. The van der Waals surface area contributed by atoms with Crippen LogP contribution in [0.1, 0.15) is 38.3 Å². The van der Waals surface area contributed by atoms with E-state index in [1.165, 1.54) is 25.9 Å². The summed E-state index contributed by atoms with van der Waals surface area (Å²) in [5.41, 5.74) is 1.66. The Morgan fingerprint density at radius 1 is 1.16 bits per heavy atom. The van der Waals surface area contributed by atoms with E-state index < -0.39 is 0 Å². The van der Waals surface area contributed by atoms with Gasteiger partial charge in [0, 0.05) is 36.8 Å². The summed E-state index contributed by atoms with van der Waals surface area (Å²) in [7, 11) is 2.24. The standard InChI is InChI=1S/C15H24N4/c1-12(2)13-8-14(17-11-16-13)19-7-5-15(10-19)4-6-18(3)9-15/h8,11-12H,4-7,9-10H2,1-3H3/t15-/m1/s1. The van der Waals surface area contributed by atoms with Crippen LogP contribution in [0.25, 0.3) is 0 Å². The van der Waals surface area contributed by atoms with Gasteiger partial charge in [-0.15, -0.1) is 0 Å². The molecular formula is C15H24N4. The maximum atomic E-state index is 4.48. The van der Waals surface area contributed by atoms with E-state index in [0.29, 0.717) is 11.3 Å². The highest BCUT2D eigenvalue weighted by molar-refractivity contribution is 5.41. The quantitative estimate of drug-likeness (QED) is 0.815. The van der Waals surface area contributed by atoms with Crippen molar-refractivity contribution in [3.05, 3.63) is 18.1 Å². The summed E-state index contributed by atoms with van der Waals surface area (Å²) < 4.78 is 0. The molecule has 1 atom stereocenters. The highest BCUT2D eigenvalue weighted by Gasteiger charge is 2.42. The fraction of sp³-hybridized carbons (Fsp3) is 0.733. The molecule has 1 spiro atoms. The lowest BCUT2D eigenvalue weighted by Gasteiger charge is -2.24. The van der Waals surface area contributed by atoms with Gasteiger partial charge in [0.2, 0.25) is 0 Å². The molecule has 4 heteroatoms. The second-order valence-corrected chi connectivity index (χ2v) is 6.62. The van der Waals surface area contributed by atoms with E-state index in [4.69, 9.17) is 0 Å². The predicted molar refractivity (Wildman–Crippen MR) is 77.5 cm³/mol. The lowest BCUT2D eigenvalue weighted by molar-refractivity contribution is 0.312. The third-order valence-corrected chi connectivity index (χ3v) is 4.66. The van der Waals surface area contributed by atoms with Gasteiger partial charge in [-0.2, -0.15) is 0 Å². The molecule has 0 N–H and O–H groups in total. The van der Waals surface area contributed by atoms with Gasteiger partial charge in [-0.1, -0.05) is 13.8 Å². The fourth-order valence-electron chi connectivity index (χ4n) is 3.47. The fourth-order valence-corrected chi connectivity index (χ4v) is 3.47. The van der Waals surface area contributed by atoms with Crippen LogP contribution in [0.3, 0.4) is 0 Å². The van der Waals surface area contributed by atoms with Gasteiger partial charge in [-0.3, -0.25) is 0 Å². The third kappa shape index (κ3) is 2.46. The van der Waals surface area contributed by atoms with Crippen LogP contribution in [0.4, 0.5) is 5.82 Å². The molecule has 2 aliphatic rings. The Labute approximate surface area is 115 Å². The van der Waals surface area contributed by atoms with Gasteiger partial charge in [0.05, 0.1) is 0 Å². The monoisotopic (exact) mass is 260 g/mol. The van der Waals surface area contributed by atoms with E-state index in [9.17, 15) is 0 Å². The second-order valence-electron chi connectivity index (χ2n) is 6.62. The Bertz CT molecular complexity index is 459. The molecule has 0 bridgehead atoms. The molecular weight excluding hydrogens is 236 g/mol. The summed E-state index contributed by atoms with van der Waals surface area (Å²) in [6.45, 7) is 9.15. The van der Waals surface area contributed by atoms with Gasteiger partial charge >= 0.3 is 0 Å². The smallest absolute Gasteiger partial charge is 0.132 e. The van der Waals surface area contributed by atoms with Crippen molar-refractivity contribution in [2.45, 2.75) is 32.6 Å². The van der Waals surface area contributed by atoms with Crippen LogP contribution in [0.5, 0.6) is 0 Å². The second kappa shape index (κ2) is 4.75. The topological polar surface area (TPSA) is 32.3 Å². The molecule has 0 aliphatic carbocycles. The van der Waals surface area contributed by atoms with Gasteiger partial charge in [0.15, 0.2) is 0 Å². The Kier molecular flexibility index (Phi) is 3.21. The maximum absolute atomic E-state index is 4.48. The van der Waals surface area contributed by atoms with Crippen LogP contribution in [-0.2, 0) is 0 Å². The van der Waals surface area contributed by atoms with Crippen molar-refractivity contribution in [2.75, 3.05) is 38.1 Å². The van der Waals surface area contributed by atoms with E-state index in [1.807, 2.05) is 0 Å². The first-order chi connectivity index (χ1) is 9.08. The van der Waals surface area contributed by atoms with Crippen molar-refractivity contribution >= 4 is 5.82 Å². The lowest BCUT2D eigenvalue weighted by Crippen LogP contribution is -2.30. The zero-order valence-corrected chi connectivity index (χ0v) is 12.3. The average Bonchev–Trinajstić information content (AvgIpc) is 2.97. The van der Waals surface area contributed by atoms with Gasteiger partial charge in [0.1, 0.15) is 12.1 Å². The molecule has 3 rings (SSSR count). The molecule has 19 heavy (non-hydrogen) atoms. The molecule has 0 radical (unpaired) electrons. The zero-order valence-electron chi connectivity index (χ0n) is 12.3. The highest BCUT2D eigenvalue weighted by atomic mass is 15.2. The van der Waals surface area contributed by atoms with E-state index in [-0.39, 0.29) is 0 Å². The highest BCUT2D eigenvalue weighted by Crippen LogP contribution is 2.40. The van der Waals surface area contributed by atoms with Crippen molar-refractivity contribution in [1.82, 2.24) is 14.9 Å².